The van der Waals surface area contributed by atoms with Crippen LogP contribution in [0.5, 0.6) is 0 Å². The third-order valence-corrected chi connectivity index (χ3v) is 3.42. The van der Waals surface area contributed by atoms with Crippen LogP contribution >= 0.6 is 0 Å². The minimum Gasteiger partial charge on any atom is -0.346 e. The molecule has 0 spiro atoms. The molecule has 5 nitrogen and oxygen atoms in total. The number of ether oxygens (including phenoxy) is 2. The molecular weight excluding hydrogens is 242 g/mol. The van der Waals surface area contributed by atoms with Crippen LogP contribution in [0.25, 0.3) is 0 Å². The molecule has 0 saturated heterocycles. The lowest BCUT2D eigenvalue weighted by atomic mass is 10.2. The molecule has 0 aliphatic heterocycles. The Morgan fingerprint density at radius 2 is 1.05 bits per heavy atom. The van der Waals surface area contributed by atoms with E-state index in [1.807, 2.05) is 51.8 Å². The van der Waals surface area contributed by atoms with Crippen molar-refractivity contribution in [2.75, 3.05) is 41.4 Å². The summed E-state index contributed by atoms with van der Waals surface area (Å²) < 4.78 is 11.9. The lowest BCUT2D eigenvalue weighted by Crippen LogP contribution is -2.66. The van der Waals surface area contributed by atoms with Gasteiger partial charge in [0.1, 0.15) is 0 Å². The Morgan fingerprint density at radius 3 is 1.21 bits per heavy atom. The van der Waals surface area contributed by atoms with Crippen LogP contribution in [0.1, 0.15) is 40.5 Å². The fourth-order valence-electron chi connectivity index (χ4n) is 2.25. The predicted molar refractivity (Wildman–Crippen MR) is 78.8 cm³/mol. The molecule has 2 atom stereocenters. The summed E-state index contributed by atoms with van der Waals surface area (Å²) in [7, 11) is 7.96. The molecule has 0 saturated carbocycles. The van der Waals surface area contributed by atoms with Gasteiger partial charge in [-0.25, -0.2) is 0 Å². The molecule has 0 rings (SSSR count). The molecule has 5 heteroatoms. The third kappa shape index (κ3) is 4.39. The molecule has 0 fully saturated rings. The molecule has 0 aromatic heterocycles. The zero-order chi connectivity index (χ0) is 15.1. The summed E-state index contributed by atoms with van der Waals surface area (Å²) in [6.45, 7) is 9.40. The summed E-state index contributed by atoms with van der Waals surface area (Å²) in [5, 5.41) is 4.96. The van der Waals surface area contributed by atoms with Crippen molar-refractivity contribution >= 4 is 0 Å². The smallest absolute Gasteiger partial charge is 0.195 e. The molecule has 0 aliphatic carbocycles. The van der Waals surface area contributed by atoms with Crippen molar-refractivity contribution < 1.29 is 9.47 Å². The van der Waals surface area contributed by atoms with Gasteiger partial charge < -0.3 is 9.47 Å². The van der Waals surface area contributed by atoms with Crippen molar-refractivity contribution in [2.24, 2.45) is 0 Å². The van der Waals surface area contributed by atoms with Gasteiger partial charge in [-0.3, -0.25) is 9.80 Å². The highest BCUT2D eigenvalue weighted by Crippen LogP contribution is 2.27. The molecule has 0 aromatic carbocycles. The van der Waals surface area contributed by atoms with Crippen LogP contribution < -0.4 is 5.32 Å². The van der Waals surface area contributed by atoms with E-state index in [0.717, 1.165) is 12.8 Å². The average molecular weight is 274 g/mol. The van der Waals surface area contributed by atoms with E-state index in [4.69, 9.17) is 14.8 Å². The molecule has 2 unspecified atom stereocenters. The molecule has 115 valence electrons. The van der Waals surface area contributed by atoms with Gasteiger partial charge in [0.25, 0.3) is 0 Å². The van der Waals surface area contributed by atoms with Crippen LogP contribution in [0, 0.1) is 0 Å². The quantitative estimate of drug-likeness (QED) is 0.571. The largest absolute Gasteiger partial charge is 0.346 e. The van der Waals surface area contributed by atoms with Crippen molar-refractivity contribution in [1.82, 2.24) is 15.1 Å². The van der Waals surface area contributed by atoms with Crippen LogP contribution in [0.4, 0.5) is 0 Å². The Labute approximate surface area is 119 Å². The van der Waals surface area contributed by atoms with Crippen LogP contribution in [0.2, 0.25) is 0 Å². The van der Waals surface area contributed by atoms with Crippen molar-refractivity contribution in [3.8, 4) is 0 Å². The summed E-state index contributed by atoms with van der Waals surface area (Å²) in [5.41, 5.74) is 0. The molecule has 0 aromatic rings. The van der Waals surface area contributed by atoms with E-state index >= 15 is 0 Å². The SMILES string of the molecule is CCOC(CC)([N]C(CC)(OCC)N(C)C)N(C)C. The first kappa shape index (κ1) is 18.8. The minimum absolute atomic E-state index is 0.620. The Kier molecular flexibility index (Phi) is 8.08. The molecule has 0 amide bonds. The average Bonchev–Trinajstić information content (AvgIpc) is 2.36. The van der Waals surface area contributed by atoms with E-state index in [9.17, 15) is 0 Å². The van der Waals surface area contributed by atoms with E-state index in [1.165, 1.54) is 0 Å². The van der Waals surface area contributed by atoms with E-state index in [-0.39, 0.29) is 0 Å². The van der Waals surface area contributed by atoms with Crippen LogP contribution in [0.15, 0.2) is 0 Å². The maximum Gasteiger partial charge on any atom is 0.195 e. The first-order valence-electron chi connectivity index (χ1n) is 7.20. The first-order chi connectivity index (χ1) is 8.84. The lowest BCUT2D eigenvalue weighted by Gasteiger charge is -2.47. The standard InChI is InChI=1S/C14H32N3O2/c1-9-13(16(5)6,18-11-3)15-14(10-2,17(7)8)19-12-4/h9-12H2,1-8H3. The Morgan fingerprint density at radius 1 is 0.737 bits per heavy atom. The Balaban J connectivity index is 5.34. The Hall–Kier alpha value is -0.200. The topological polar surface area (TPSA) is 39.0 Å². The van der Waals surface area contributed by atoms with E-state index in [1.54, 1.807) is 0 Å². The zero-order valence-electron chi connectivity index (χ0n) is 14.0. The molecule has 0 heterocycles. The van der Waals surface area contributed by atoms with Gasteiger partial charge in [-0.05, 0) is 42.0 Å². The van der Waals surface area contributed by atoms with Gasteiger partial charge in [-0.2, -0.15) is 0 Å². The molecule has 0 bridgehead atoms. The van der Waals surface area contributed by atoms with E-state index < -0.39 is 11.7 Å². The lowest BCUT2D eigenvalue weighted by molar-refractivity contribution is -0.256. The molecule has 19 heavy (non-hydrogen) atoms. The van der Waals surface area contributed by atoms with Gasteiger partial charge in [0.2, 0.25) is 0 Å². The number of nitrogens with zero attached hydrogens (tertiary/aromatic N) is 3. The monoisotopic (exact) mass is 274 g/mol. The fourth-order valence-corrected chi connectivity index (χ4v) is 2.25. The van der Waals surface area contributed by atoms with Crippen molar-refractivity contribution in [1.29, 1.82) is 0 Å². The van der Waals surface area contributed by atoms with Crippen LogP contribution in [-0.2, 0) is 9.47 Å². The van der Waals surface area contributed by atoms with Crippen molar-refractivity contribution in [3.63, 3.8) is 0 Å². The molecular formula is C14H32N3O2. The number of hydrogen-bond acceptors (Lipinski definition) is 4. The summed E-state index contributed by atoms with van der Waals surface area (Å²) in [4.78, 5) is 4.03. The molecule has 0 N–H and O–H groups in total. The molecule has 0 aliphatic rings. The van der Waals surface area contributed by atoms with Gasteiger partial charge in [0.05, 0.1) is 0 Å². The number of rotatable bonds is 10. The van der Waals surface area contributed by atoms with Gasteiger partial charge in [0.15, 0.2) is 11.7 Å². The normalized spacial score (nSPS) is 18.6. The minimum atomic E-state index is -0.649. The predicted octanol–water partition coefficient (Wildman–Crippen LogP) is 1.91. The van der Waals surface area contributed by atoms with Gasteiger partial charge in [-0.1, -0.05) is 13.8 Å². The van der Waals surface area contributed by atoms with E-state index in [0.29, 0.717) is 13.2 Å². The van der Waals surface area contributed by atoms with Crippen molar-refractivity contribution in [2.45, 2.75) is 52.2 Å². The summed E-state index contributed by atoms with van der Waals surface area (Å²) in [6.07, 6.45) is 1.55. The van der Waals surface area contributed by atoms with Gasteiger partial charge in [0, 0.05) is 26.1 Å². The third-order valence-electron chi connectivity index (χ3n) is 3.42. The summed E-state index contributed by atoms with van der Waals surface area (Å²) >= 11 is 0. The maximum absolute atomic E-state index is 5.95. The van der Waals surface area contributed by atoms with Gasteiger partial charge in [-0.15, -0.1) is 5.32 Å². The second-order valence-corrected chi connectivity index (χ2v) is 4.96. The van der Waals surface area contributed by atoms with Crippen LogP contribution in [0.3, 0.4) is 0 Å². The van der Waals surface area contributed by atoms with Crippen molar-refractivity contribution in [3.05, 3.63) is 0 Å². The van der Waals surface area contributed by atoms with E-state index in [2.05, 4.69) is 13.8 Å². The first-order valence-corrected chi connectivity index (χ1v) is 7.20. The summed E-state index contributed by atoms with van der Waals surface area (Å²) in [5.74, 6) is -1.30. The maximum atomic E-state index is 5.95. The second-order valence-electron chi connectivity index (χ2n) is 4.96. The summed E-state index contributed by atoms with van der Waals surface area (Å²) in [6, 6.07) is 0. The highest BCUT2D eigenvalue weighted by atomic mass is 16.6. The van der Waals surface area contributed by atoms with Gasteiger partial charge >= 0.3 is 0 Å². The number of hydrogen-bond donors (Lipinski definition) is 0. The highest BCUT2D eigenvalue weighted by molar-refractivity contribution is 4.83. The second kappa shape index (κ2) is 8.17. The Bertz CT molecular complexity index is 225. The molecule has 1 radical (unpaired) electrons. The zero-order valence-corrected chi connectivity index (χ0v) is 14.0. The fraction of sp³-hybridized carbons (Fsp3) is 1.00. The highest BCUT2D eigenvalue weighted by Gasteiger charge is 2.44. The van der Waals surface area contributed by atoms with Crippen LogP contribution in [-0.4, -0.2) is 62.9 Å².